The lowest BCUT2D eigenvalue weighted by Crippen LogP contribution is -2.03. The van der Waals surface area contributed by atoms with Crippen molar-refractivity contribution in [2.75, 3.05) is 11.6 Å². The molecule has 114 valence electrons. The Bertz CT molecular complexity index is 809. The number of hydrogen-bond acceptors (Lipinski definition) is 4. The Hall–Kier alpha value is -2.03. The number of nitrogens with zero attached hydrogens (tertiary/aromatic N) is 1. The van der Waals surface area contributed by atoms with Crippen molar-refractivity contribution in [2.45, 2.75) is 12.3 Å². The van der Waals surface area contributed by atoms with Crippen molar-refractivity contribution in [1.29, 1.82) is 5.26 Å². The molecule has 0 heterocycles. The number of anilines is 1. The molecule has 2 aromatic rings. The molecule has 2 aromatic carbocycles. The standard InChI is InChI=1S/C16H15ClN2O2S/c1-22(20,21)11-13-7-5-12(6-8-13)10-19-16-14(9-18)3-2-4-15(16)17/h2-8,19H,10-11H2,1H3. The van der Waals surface area contributed by atoms with Gasteiger partial charge >= 0.3 is 0 Å². The first kappa shape index (κ1) is 16.3. The molecule has 0 aromatic heterocycles. The molecular formula is C16H15ClN2O2S. The van der Waals surface area contributed by atoms with Crippen molar-refractivity contribution in [2.24, 2.45) is 0 Å². The van der Waals surface area contributed by atoms with E-state index in [2.05, 4.69) is 11.4 Å². The fourth-order valence-electron chi connectivity index (χ4n) is 2.04. The van der Waals surface area contributed by atoms with Gasteiger partial charge in [0.25, 0.3) is 0 Å². The molecule has 0 spiro atoms. The van der Waals surface area contributed by atoms with Gasteiger partial charge in [0.2, 0.25) is 0 Å². The third kappa shape index (κ3) is 4.48. The van der Waals surface area contributed by atoms with Gasteiger partial charge in [-0.3, -0.25) is 0 Å². The second kappa shape index (κ2) is 6.82. The highest BCUT2D eigenvalue weighted by atomic mass is 35.5. The lowest BCUT2D eigenvalue weighted by Gasteiger charge is -2.10. The first-order chi connectivity index (χ1) is 10.4. The van der Waals surface area contributed by atoms with Crippen LogP contribution in [0.4, 0.5) is 5.69 Å². The summed E-state index contributed by atoms with van der Waals surface area (Å²) in [6.07, 6.45) is 1.21. The van der Waals surface area contributed by atoms with Crippen LogP contribution >= 0.6 is 11.6 Å². The molecule has 0 bridgehead atoms. The van der Waals surface area contributed by atoms with Gasteiger partial charge in [-0.05, 0) is 23.3 Å². The van der Waals surface area contributed by atoms with E-state index in [1.54, 1.807) is 30.3 Å². The zero-order chi connectivity index (χ0) is 16.2. The number of para-hydroxylation sites is 1. The number of benzene rings is 2. The van der Waals surface area contributed by atoms with E-state index >= 15 is 0 Å². The fourth-order valence-corrected chi connectivity index (χ4v) is 3.08. The van der Waals surface area contributed by atoms with E-state index in [9.17, 15) is 8.42 Å². The van der Waals surface area contributed by atoms with Crippen LogP contribution < -0.4 is 5.32 Å². The summed E-state index contributed by atoms with van der Waals surface area (Å²) in [7, 11) is -3.03. The van der Waals surface area contributed by atoms with Crippen LogP contribution in [0.5, 0.6) is 0 Å². The Morgan fingerprint density at radius 2 is 1.77 bits per heavy atom. The summed E-state index contributed by atoms with van der Waals surface area (Å²) in [5, 5.41) is 12.7. The molecule has 0 aliphatic heterocycles. The summed E-state index contributed by atoms with van der Waals surface area (Å²) in [5.74, 6) is 0.0316. The first-order valence-electron chi connectivity index (χ1n) is 6.57. The minimum atomic E-state index is -3.03. The van der Waals surface area contributed by atoms with Crippen LogP contribution in [-0.4, -0.2) is 14.7 Å². The van der Waals surface area contributed by atoms with Crippen LogP contribution in [0.2, 0.25) is 5.02 Å². The van der Waals surface area contributed by atoms with E-state index in [0.29, 0.717) is 22.8 Å². The largest absolute Gasteiger partial charge is 0.379 e. The zero-order valence-corrected chi connectivity index (χ0v) is 13.6. The van der Waals surface area contributed by atoms with Crippen molar-refractivity contribution >= 4 is 27.1 Å². The SMILES string of the molecule is CS(=O)(=O)Cc1ccc(CNc2c(Cl)cccc2C#N)cc1. The van der Waals surface area contributed by atoms with E-state index in [4.69, 9.17) is 16.9 Å². The van der Waals surface area contributed by atoms with E-state index in [1.807, 2.05) is 12.1 Å². The smallest absolute Gasteiger partial charge is 0.151 e. The van der Waals surface area contributed by atoms with Gasteiger partial charge in [0.05, 0.1) is 22.0 Å². The molecule has 0 unspecified atom stereocenters. The van der Waals surface area contributed by atoms with E-state index in [1.165, 1.54) is 6.26 Å². The van der Waals surface area contributed by atoms with Crippen molar-refractivity contribution in [3.63, 3.8) is 0 Å². The van der Waals surface area contributed by atoms with Crippen LogP contribution in [0.15, 0.2) is 42.5 Å². The molecule has 6 heteroatoms. The molecule has 1 N–H and O–H groups in total. The van der Waals surface area contributed by atoms with Gasteiger partial charge in [0, 0.05) is 12.8 Å². The van der Waals surface area contributed by atoms with E-state index in [0.717, 1.165) is 11.1 Å². The third-order valence-electron chi connectivity index (χ3n) is 3.06. The lowest BCUT2D eigenvalue weighted by molar-refractivity contribution is 0.601. The van der Waals surface area contributed by atoms with Crippen molar-refractivity contribution < 1.29 is 8.42 Å². The average molecular weight is 335 g/mol. The predicted molar refractivity (Wildman–Crippen MR) is 88.5 cm³/mol. The summed E-state index contributed by atoms with van der Waals surface area (Å²) < 4.78 is 22.5. The number of nitrogens with one attached hydrogen (secondary N) is 1. The van der Waals surface area contributed by atoms with Gasteiger partial charge in [-0.15, -0.1) is 0 Å². The van der Waals surface area contributed by atoms with Gasteiger partial charge in [-0.2, -0.15) is 5.26 Å². The second-order valence-electron chi connectivity index (χ2n) is 5.01. The Morgan fingerprint density at radius 1 is 1.14 bits per heavy atom. The van der Waals surface area contributed by atoms with Crippen LogP contribution in [0, 0.1) is 11.3 Å². The van der Waals surface area contributed by atoms with E-state index < -0.39 is 9.84 Å². The predicted octanol–water partition coefficient (Wildman–Crippen LogP) is 3.37. The van der Waals surface area contributed by atoms with Gasteiger partial charge in [-0.25, -0.2) is 8.42 Å². The monoisotopic (exact) mass is 334 g/mol. The first-order valence-corrected chi connectivity index (χ1v) is 9.01. The topological polar surface area (TPSA) is 70.0 Å². The molecule has 0 radical (unpaired) electrons. The summed E-state index contributed by atoms with van der Waals surface area (Å²) in [6.45, 7) is 0.498. The van der Waals surface area contributed by atoms with Gasteiger partial charge in [0.1, 0.15) is 6.07 Å². The number of sulfone groups is 1. The molecule has 0 amide bonds. The summed E-state index contributed by atoms with van der Waals surface area (Å²) in [5.41, 5.74) is 2.82. The van der Waals surface area contributed by atoms with Gasteiger partial charge < -0.3 is 5.32 Å². The maximum atomic E-state index is 11.2. The fraction of sp³-hybridized carbons (Fsp3) is 0.188. The molecular weight excluding hydrogens is 320 g/mol. The average Bonchev–Trinajstić information content (AvgIpc) is 2.45. The van der Waals surface area contributed by atoms with Crippen LogP contribution in [0.3, 0.4) is 0 Å². The lowest BCUT2D eigenvalue weighted by atomic mass is 10.1. The van der Waals surface area contributed by atoms with Crippen molar-refractivity contribution in [3.8, 4) is 6.07 Å². The van der Waals surface area contributed by atoms with Gasteiger partial charge in [0.15, 0.2) is 9.84 Å². The number of halogens is 1. The molecule has 0 fully saturated rings. The summed E-state index contributed by atoms with van der Waals surface area (Å²) in [4.78, 5) is 0. The molecule has 22 heavy (non-hydrogen) atoms. The Morgan fingerprint density at radius 3 is 2.36 bits per heavy atom. The highest BCUT2D eigenvalue weighted by molar-refractivity contribution is 7.89. The van der Waals surface area contributed by atoms with Gasteiger partial charge in [-0.1, -0.05) is 41.9 Å². The third-order valence-corrected chi connectivity index (χ3v) is 4.23. The zero-order valence-electron chi connectivity index (χ0n) is 12.0. The molecule has 0 aliphatic carbocycles. The molecule has 0 aliphatic rings. The van der Waals surface area contributed by atoms with Crippen molar-refractivity contribution in [1.82, 2.24) is 0 Å². The van der Waals surface area contributed by atoms with Crippen LogP contribution in [0.25, 0.3) is 0 Å². The Kier molecular flexibility index (Phi) is 5.07. The summed E-state index contributed by atoms with van der Waals surface area (Å²) >= 11 is 6.09. The molecule has 0 saturated heterocycles. The van der Waals surface area contributed by atoms with Crippen LogP contribution in [0.1, 0.15) is 16.7 Å². The number of hydrogen-bond donors (Lipinski definition) is 1. The minimum absolute atomic E-state index is 0.0316. The second-order valence-corrected chi connectivity index (χ2v) is 7.56. The Balaban J connectivity index is 2.09. The molecule has 0 atom stereocenters. The maximum Gasteiger partial charge on any atom is 0.151 e. The van der Waals surface area contributed by atoms with Crippen molar-refractivity contribution in [3.05, 3.63) is 64.2 Å². The highest BCUT2D eigenvalue weighted by Crippen LogP contribution is 2.26. The normalized spacial score (nSPS) is 11.0. The highest BCUT2D eigenvalue weighted by Gasteiger charge is 2.07. The molecule has 0 saturated carbocycles. The molecule has 4 nitrogen and oxygen atoms in total. The Labute approximate surface area is 135 Å². The maximum absolute atomic E-state index is 11.2. The minimum Gasteiger partial charge on any atom is -0.379 e. The quantitative estimate of drug-likeness (QED) is 0.910. The number of rotatable bonds is 5. The number of nitriles is 1. The van der Waals surface area contributed by atoms with Crippen LogP contribution in [-0.2, 0) is 22.1 Å². The summed E-state index contributed by atoms with van der Waals surface area (Å²) in [6, 6.07) is 14.5. The molecule has 2 rings (SSSR count). The van der Waals surface area contributed by atoms with E-state index in [-0.39, 0.29) is 5.75 Å².